The Kier molecular flexibility index (Phi) is 4.80. The van der Waals surface area contributed by atoms with Crippen molar-refractivity contribution in [3.05, 3.63) is 34.3 Å². The zero-order valence-corrected chi connectivity index (χ0v) is 12.6. The second kappa shape index (κ2) is 6.39. The van der Waals surface area contributed by atoms with Crippen LogP contribution in [0.15, 0.2) is 28.7 Å². The number of methoxy groups -OCH3 is 1. The molecule has 6 heteroatoms. The van der Waals surface area contributed by atoms with Gasteiger partial charge in [-0.15, -0.1) is 0 Å². The lowest BCUT2D eigenvalue weighted by molar-refractivity contribution is -0.125. The zero-order chi connectivity index (χ0) is 14.7. The number of nitrogens with zero attached hydrogens (tertiary/aromatic N) is 1. The van der Waals surface area contributed by atoms with Gasteiger partial charge in [-0.1, -0.05) is 15.9 Å². The molecule has 1 aromatic carbocycles. The molecule has 1 aromatic rings. The molecule has 1 heterocycles. The highest BCUT2D eigenvalue weighted by Crippen LogP contribution is 2.24. The maximum atomic E-state index is 12.0. The molecule has 1 fully saturated rings. The minimum absolute atomic E-state index is 0.153. The molecule has 1 amide bonds. The Balaban J connectivity index is 2.09. The van der Waals surface area contributed by atoms with Crippen molar-refractivity contribution in [3.63, 3.8) is 0 Å². The zero-order valence-electron chi connectivity index (χ0n) is 11.0. The van der Waals surface area contributed by atoms with E-state index in [0.717, 1.165) is 10.0 Å². The summed E-state index contributed by atoms with van der Waals surface area (Å²) in [6.45, 7) is 0.305. The fourth-order valence-corrected chi connectivity index (χ4v) is 2.43. The number of rotatable bonds is 3. The maximum Gasteiger partial charge on any atom is 0.246 e. The molecule has 0 aromatic heterocycles. The van der Waals surface area contributed by atoms with Crippen LogP contribution >= 0.6 is 15.9 Å². The number of carbonyl (C=O) groups excluding carboxylic acids is 1. The van der Waals surface area contributed by atoms with Gasteiger partial charge in [-0.2, -0.15) is 0 Å². The number of halogens is 1. The number of carbonyl (C=O) groups is 1. The van der Waals surface area contributed by atoms with E-state index >= 15 is 0 Å². The summed E-state index contributed by atoms with van der Waals surface area (Å²) in [4.78, 5) is 13.4. The van der Waals surface area contributed by atoms with Crippen LogP contribution in [-0.4, -0.2) is 53.4 Å². The predicted octanol–water partition coefficient (Wildman–Crippen LogP) is 1.03. The Morgan fingerprint density at radius 1 is 1.40 bits per heavy atom. The van der Waals surface area contributed by atoms with Crippen molar-refractivity contribution in [2.45, 2.75) is 12.2 Å². The van der Waals surface area contributed by atoms with Gasteiger partial charge in [0.25, 0.3) is 0 Å². The highest BCUT2D eigenvalue weighted by atomic mass is 79.9. The van der Waals surface area contributed by atoms with Gasteiger partial charge < -0.3 is 19.8 Å². The predicted molar refractivity (Wildman–Crippen MR) is 78.3 cm³/mol. The van der Waals surface area contributed by atoms with E-state index in [2.05, 4.69) is 15.9 Å². The van der Waals surface area contributed by atoms with E-state index in [1.165, 1.54) is 11.0 Å². The number of ether oxygens (including phenoxy) is 1. The lowest BCUT2D eigenvalue weighted by atomic mass is 10.2. The van der Waals surface area contributed by atoms with Gasteiger partial charge in [-0.05, 0) is 24.3 Å². The van der Waals surface area contributed by atoms with Gasteiger partial charge in [-0.3, -0.25) is 4.79 Å². The van der Waals surface area contributed by atoms with E-state index < -0.39 is 12.2 Å². The molecule has 0 saturated carbocycles. The molecule has 1 aliphatic heterocycles. The molecule has 1 saturated heterocycles. The number of aliphatic hydroxyl groups is 2. The Labute approximate surface area is 125 Å². The lowest BCUT2D eigenvalue weighted by Crippen LogP contribution is -2.27. The van der Waals surface area contributed by atoms with Crippen molar-refractivity contribution in [1.29, 1.82) is 0 Å². The first-order valence-electron chi connectivity index (χ1n) is 6.18. The Bertz CT molecular complexity index is 522. The van der Waals surface area contributed by atoms with Crippen molar-refractivity contribution in [2.24, 2.45) is 0 Å². The van der Waals surface area contributed by atoms with Crippen LogP contribution < -0.4 is 4.74 Å². The number of aliphatic hydroxyl groups excluding tert-OH is 2. The van der Waals surface area contributed by atoms with Gasteiger partial charge in [0.1, 0.15) is 5.75 Å². The van der Waals surface area contributed by atoms with Gasteiger partial charge in [0.15, 0.2) is 0 Å². The average Bonchev–Trinajstić information content (AvgIpc) is 2.76. The third-order valence-electron chi connectivity index (χ3n) is 3.17. The highest BCUT2D eigenvalue weighted by molar-refractivity contribution is 9.10. The number of benzene rings is 1. The van der Waals surface area contributed by atoms with E-state index in [-0.39, 0.29) is 19.0 Å². The molecular formula is C14H16BrNO4. The fraction of sp³-hybridized carbons (Fsp3) is 0.357. The van der Waals surface area contributed by atoms with Crippen molar-refractivity contribution >= 4 is 27.9 Å². The van der Waals surface area contributed by atoms with Crippen molar-refractivity contribution in [3.8, 4) is 5.75 Å². The van der Waals surface area contributed by atoms with E-state index in [4.69, 9.17) is 4.74 Å². The molecule has 2 atom stereocenters. The van der Waals surface area contributed by atoms with Crippen molar-refractivity contribution in [2.75, 3.05) is 20.2 Å². The first-order chi connectivity index (χ1) is 9.51. The van der Waals surface area contributed by atoms with Crippen LogP contribution in [0.3, 0.4) is 0 Å². The summed E-state index contributed by atoms with van der Waals surface area (Å²) in [6, 6.07) is 5.50. The molecule has 0 radical (unpaired) electrons. The highest BCUT2D eigenvalue weighted by Gasteiger charge is 2.31. The topological polar surface area (TPSA) is 70.0 Å². The molecule has 20 heavy (non-hydrogen) atoms. The quantitative estimate of drug-likeness (QED) is 0.806. The Morgan fingerprint density at radius 2 is 2.05 bits per heavy atom. The Morgan fingerprint density at radius 3 is 2.65 bits per heavy atom. The maximum absolute atomic E-state index is 12.0. The van der Waals surface area contributed by atoms with Crippen molar-refractivity contribution in [1.82, 2.24) is 4.90 Å². The Hall–Kier alpha value is -1.37. The van der Waals surface area contributed by atoms with Gasteiger partial charge in [-0.25, -0.2) is 0 Å². The van der Waals surface area contributed by atoms with Gasteiger partial charge >= 0.3 is 0 Å². The molecule has 5 nitrogen and oxygen atoms in total. The summed E-state index contributed by atoms with van der Waals surface area (Å²) in [5, 5.41) is 18.9. The van der Waals surface area contributed by atoms with Crippen LogP contribution in [0, 0.1) is 0 Å². The molecule has 0 spiro atoms. The number of amides is 1. The fourth-order valence-electron chi connectivity index (χ4n) is 2.05. The molecule has 1 aliphatic rings. The van der Waals surface area contributed by atoms with E-state index in [1.807, 2.05) is 12.1 Å². The van der Waals surface area contributed by atoms with Crippen LogP contribution in [0.5, 0.6) is 5.75 Å². The van der Waals surface area contributed by atoms with Gasteiger partial charge in [0.2, 0.25) is 5.91 Å². The SMILES string of the molecule is COc1ccc(Br)cc1/C=C/C(=O)N1CC(O)C(O)C1. The third-order valence-corrected chi connectivity index (χ3v) is 3.66. The van der Waals surface area contributed by atoms with Crippen LogP contribution in [0.1, 0.15) is 5.56 Å². The second-order valence-corrected chi connectivity index (χ2v) is 5.51. The summed E-state index contributed by atoms with van der Waals surface area (Å²) >= 11 is 3.36. The number of hydrogen-bond donors (Lipinski definition) is 2. The van der Waals surface area contributed by atoms with Gasteiger partial charge in [0.05, 0.1) is 19.3 Å². The number of likely N-dealkylation sites (tertiary alicyclic amines) is 1. The summed E-state index contributed by atoms with van der Waals surface area (Å²) in [5.74, 6) is 0.418. The summed E-state index contributed by atoms with van der Waals surface area (Å²) in [7, 11) is 1.57. The summed E-state index contributed by atoms with van der Waals surface area (Å²) in [5.41, 5.74) is 0.774. The van der Waals surface area contributed by atoms with Crippen molar-refractivity contribution < 1.29 is 19.7 Å². The largest absolute Gasteiger partial charge is 0.496 e. The smallest absolute Gasteiger partial charge is 0.246 e. The average molecular weight is 342 g/mol. The number of hydrogen-bond acceptors (Lipinski definition) is 4. The van der Waals surface area contributed by atoms with E-state index in [9.17, 15) is 15.0 Å². The molecule has 2 rings (SSSR count). The van der Waals surface area contributed by atoms with E-state index in [1.54, 1.807) is 19.3 Å². The molecular weight excluding hydrogens is 326 g/mol. The first kappa shape index (κ1) is 15.0. The van der Waals surface area contributed by atoms with Crippen LogP contribution in [0.25, 0.3) is 6.08 Å². The standard InChI is InChI=1S/C14H16BrNO4/c1-20-13-4-3-10(15)6-9(13)2-5-14(19)16-7-11(17)12(18)8-16/h2-6,11-12,17-18H,7-8H2,1H3/b5-2+. The molecule has 0 aliphatic carbocycles. The molecule has 2 unspecified atom stereocenters. The minimum atomic E-state index is -0.868. The first-order valence-corrected chi connectivity index (χ1v) is 6.97. The van der Waals surface area contributed by atoms with Crippen LogP contribution in [-0.2, 0) is 4.79 Å². The normalized spacial score (nSPS) is 22.5. The second-order valence-electron chi connectivity index (χ2n) is 4.60. The summed E-state index contributed by atoms with van der Waals surface area (Å²) in [6.07, 6.45) is 1.33. The van der Waals surface area contributed by atoms with E-state index in [0.29, 0.717) is 5.75 Å². The lowest BCUT2D eigenvalue weighted by Gasteiger charge is -2.12. The monoisotopic (exact) mass is 341 g/mol. The van der Waals surface area contributed by atoms with Gasteiger partial charge in [0, 0.05) is 29.2 Å². The number of β-amino-alcohol motifs (C(OH)–C–C–N with tert-alkyl or cyclic N) is 2. The van der Waals surface area contributed by atoms with Crippen LogP contribution in [0.4, 0.5) is 0 Å². The van der Waals surface area contributed by atoms with Crippen LogP contribution in [0.2, 0.25) is 0 Å². The molecule has 0 bridgehead atoms. The minimum Gasteiger partial charge on any atom is -0.496 e. The third kappa shape index (κ3) is 3.39. The molecule has 2 N–H and O–H groups in total. The summed E-state index contributed by atoms with van der Waals surface area (Å²) < 4.78 is 6.10. The molecule has 108 valence electrons.